The van der Waals surface area contributed by atoms with Crippen molar-refractivity contribution in [1.82, 2.24) is 18.9 Å². The summed E-state index contributed by atoms with van der Waals surface area (Å²) in [6, 6.07) is 14.5. The summed E-state index contributed by atoms with van der Waals surface area (Å²) in [6.45, 7) is 6.35. The van der Waals surface area contributed by atoms with E-state index >= 15 is 0 Å². The average molecular weight is 747 g/mol. The van der Waals surface area contributed by atoms with Crippen molar-refractivity contribution >= 4 is 33.6 Å². The molecule has 290 valence electrons. The first kappa shape index (κ1) is 35.3. The zero-order valence-corrected chi connectivity index (χ0v) is 33.4. The number of allylic oxidation sites excluding steroid dienone is 1. The van der Waals surface area contributed by atoms with Crippen molar-refractivity contribution < 1.29 is 28.5 Å². The van der Waals surface area contributed by atoms with Crippen LogP contribution in [-0.2, 0) is 57.2 Å². The number of hydrogen-bond donors (Lipinski definition) is 0. The summed E-state index contributed by atoms with van der Waals surface area (Å²) in [5, 5.41) is 2.62. The second-order valence-corrected chi connectivity index (χ2v) is 17.7. The van der Waals surface area contributed by atoms with Gasteiger partial charge in [0, 0.05) is 97.1 Å². The Kier molecular flexibility index (Phi) is 7.98. The molecular weight excluding hydrogens is 693 g/mol. The van der Waals surface area contributed by atoms with Gasteiger partial charge in [-0.2, -0.15) is 0 Å². The number of Topliss-reactive ketones (excluding diaryl/α,β-unsaturated/α-hetero) is 1. The molecule has 0 amide bonds. The van der Waals surface area contributed by atoms with Crippen LogP contribution in [0.1, 0.15) is 73.8 Å². The van der Waals surface area contributed by atoms with Gasteiger partial charge in [0.25, 0.3) is 0 Å². The Hall–Kier alpha value is -4.12. The highest BCUT2D eigenvalue weighted by molar-refractivity contribution is 5.94. The summed E-state index contributed by atoms with van der Waals surface area (Å²) < 4.78 is 30.0. The normalized spacial score (nSPS) is 33.9. The number of benzene rings is 2. The molecule has 6 aliphatic heterocycles. The highest BCUT2D eigenvalue weighted by Crippen LogP contribution is 2.56. The predicted molar refractivity (Wildman–Crippen MR) is 210 cm³/mol. The molecule has 0 unspecified atom stereocenters. The highest BCUT2D eigenvalue weighted by atomic mass is 16.7. The molecule has 0 N–H and O–H groups in total. The molecule has 10 nitrogen and oxygen atoms in total. The van der Waals surface area contributed by atoms with E-state index in [-0.39, 0.29) is 59.5 Å². The lowest BCUT2D eigenvalue weighted by Gasteiger charge is -2.58. The number of aromatic nitrogens is 2. The van der Waals surface area contributed by atoms with E-state index in [0.717, 1.165) is 48.1 Å². The van der Waals surface area contributed by atoms with Crippen molar-refractivity contribution in [2.24, 2.45) is 43.7 Å². The van der Waals surface area contributed by atoms with Gasteiger partial charge in [0.1, 0.15) is 5.75 Å². The number of nitrogens with zero attached hydrogens (tertiary/aromatic N) is 4. The molecule has 4 bridgehead atoms. The number of rotatable bonds is 5. The highest BCUT2D eigenvalue weighted by Gasteiger charge is 2.58. The Bertz CT molecular complexity index is 2300. The van der Waals surface area contributed by atoms with Crippen LogP contribution in [-0.4, -0.2) is 83.0 Å². The summed E-state index contributed by atoms with van der Waals surface area (Å²) in [6.07, 6.45) is 6.12. The smallest absolute Gasteiger partial charge is 0.305 e. The molecule has 8 heterocycles. The molecule has 0 aliphatic carbocycles. The standard InChI is InChI=1S/C45H54N4O6/c1-23(50)32-20-53-21-33-27(32)15-40-44-31(18-37(33)46(40)4)29-13-25(42(52-8)19-39(29)49(44)7)14-35-28-16-41-43-30(26-11-9-10-12-36(26)48(43)6)17-38(47(41)5)34(28)22-54-45(35,3)55-24(2)51/h9-13,19-20,27-28,33-35,37-38,40-41H,14-18,21-22H2,1-8H3/t27-,28+,33+,34+,35-,37-,38-,40-,41-,45+/m0/s1. The Labute approximate surface area is 323 Å². The number of ether oxygens (including phenoxy) is 4. The van der Waals surface area contributed by atoms with Gasteiger partial charge < -0.3 is 28.1 Å². The average Bonchev–Trinajstić information content (AvgIpc) is 3.58. The van der Waals surface area contributed by atoms with Gasteiger partial charge in [-0.1, -0.05) is 18.2 Å². The van der Waals surface area contributed by atoms with Gasteiger partial charge >= 0.3 is 5.97 Å². The minimum atomic E-state index is -1.08. The minimum absolute atomic E-state index is 0.0848. The van der Waals surface area contributed by atoms with Crippen molar-refractivity contribution in [2.75, 3.05) is 34.4 Å². The Morgan fingerprint density at radius 1 is 0.836 bits per heavy atom. The third-order valence-corrected chi connectivity index (χ3v) is 15.4. The van der Waals surface area contributed by atoms with Crippen molar-refractivity contribution in [2.45, 2.75) is 82.8 Å². The van der Waals surface area contributed by atoms with Crippen LogP contribution in [0.25, 0.3) is 21.8 Å². The number of para-hydroxylation sites is 1. The fourth-order valence-electron chi connectivity index (χ4n) is 12.8. The molecule has 0 spiro atoms. The van der Waals surface area contributed by atoms with Gasteiger partial charge in [-0.3, -0.25) is 19.4 Å². The summed E-state index contributed by atoms with van der Waals surface area (Å²) in [7, 11) is 10.7. The molecule has 0 radical (unpaired) electrons. The quantitative estimate of drug-likeness (QED) is 0.217. The Balaban J connectivity index is 1.06. The molecule has 2 aromatic heterocycles. The second kappa shape index (κ2) is 12.4. The first-order valence-electron chi connectivity index (χ1n) is 20.2. The first-order chi connectivity index (χ1) is 26.4. The number of methoxy groups -OCH3 is 1. The summed E-state index contributed by atoms with van der Waals surface area (Å²) >= 11 is 0. The number of esters is 1. The van der Waals surface area contributed by atoms with Crippen LogP contribution in [0.5, 0.6) is 5.75 Å². The molecule has 4 aromatic rings. The molecule has 3 fully saturated rings. The van der Waals surface area contributed by atoms with Crippen molar-refractivity contribution in [1.29, 1.82) is 0 Å². The fraction of sp³-hybridized carbons (Fsp3) is 0.556. The fourth-order valence-corrected chi connectivity index (χ4v) is 12.8. The SMILES string of the molecule is COc1cc2c(cc1C[C@H]1[C@@H]3C[C@H]4c5c(c6ccccc6n5C)C[C@@H]([C@@H]3CO[C@]1(C)OC(C)=O)N4C)c1c(n2C)[C@@H]2C[C@H]3C(C(C)=O)=COC[C@H]3[C@H](C1)N2C. The van der Waals surface area contributed by atoms with E-state index in [1.807, 2.05) is 6.92 Å². The maximum absolute atomic E-state index is 12.8. The third-order valence-electron chi connectivity index (χ3n) is 15.4. The van der Waals surface area contributed by atoms with Crippen LogP contribution >= 0.6 is 0 Å². The number of aryl methyl sites for hydroxylation is 2. The van der Waals surface area contributed by atoms with Crippen molar-refractivity contribution in [3.05, 3.63) is 76.3 Å². The van der Waals surface area contributed by atoms with E-state index in [1.165, 1.54) is 45.7 Å². The molecule has 55 heavy (non-hydrogen) atoms. The van der Waals surface area contributed by atoms with Crippen molar-refractivity contribution in [3.63, 3.8) is 0 Å². The maximum atomic E-state index is 12.8. The van der Waals surface area contributed by atoms with Crippen LogP contribution in [0.3, 0.4) is 0 Å². The van der Waals surface area contributed by atoms with E-state index in [2.05, 4.69) is 83.5 Å². The van der Waals surface area contributed by atoms with Crippen LogP contribution < -0.4 is 4.74 Å². The van der Waals surface area contributed by atoms with E-state index in [0.29, 0.717) is 25.7 Å². The summed E-state index contributed by atoms with van der Waals surface area (Å²) in [5.74, 6) is 0.496. The molecular formula is C45H54N4O6. The molecule has 10 heteroatoms. The number of fused-ring (bicyclic) bond motifs is 16. The maximum Gasteiger partial charge on any atom is 0.305 e. The zero-order valence-electron chi connectivity index (χ0n) is 33.4. The van der Waals surface area contributed by atoms with Gasteiger partial charge in [-0.25, -0.2) is 0 Å². The third kappa shape index (κ3) is 4.96. The number of ketones is 1. The van der Waals surface area contributed by atoms with Crippen LogP contribution in [0.2, 0.25) is 0 Å². The monoisotopic (exact) mass is 746 g/mol. The lowest BCUT2D eigenvalue weighted by molar-refractivity contribution is -0.296. The zero-order chi connectivity index (χ0) is 38.2. The van der Waals surface area contributed by atoms with Crippen LogP contribution in [0.15, 0.2) is 48.2 Å². The van der Waals surface area contributed by atoms with Gasteiger partial charge in [-0.05, 0) is 93.8 Å². The largest absolute Gasteiger partial charge is 0.500 e. The van der Waals surface area contributed by atoms with E-state index < -0.39 is 5.79 Å². The molecule has 10 rings (SSSR count). The van der Waals surface area contributed by atoms with Gasteiger partial charge in [-0.15, -0.1) is 0 Å². The topological polar surface area (TPSA) is 87.4 Å². The first-order valence-corrected chi connectivity index (χ1v) is 20.2. The molecule has 0 saturated carbocycles. The summed E-state index contributed by atoms with van der Waals surface area (Å²) in [4.78, 5) is 30.7. The van der Waals surface area contributed by atoms with Gasteiger partial charge in [0.15, 0.2) is 5.78 Å². The Morgan fingerprint density at radius 3 is 2.22 bits per heavy atom. The van der Waals surface area contributed by atoms with Gasteiger partial charge in [0.2, 0.25) is 5.79 Å². The molecule has 10 atom stereocenters. The number of carbonyl (C=O) groups is 2. The van der Waals surface area contributed by atoms with E-state index in [9.17, 15) is 9.59 Å². The van der Waals surface area contributed by atoms with Crippen LogP contribution in [0.4, 0.5) is 0 Å². The van der Waals surface area contributed by atoms with E-state index in [4.69, 9.17) is 18.9 Å². The molecule has 3 saturated heterocycles. The number of hydrogen-bond acceptors (Lipinski definition) is 8. The van der Waals surface area contributed by atoms with E-state index in [1.54, 1.807) is 20.3 Å². The molecule has 6 aliphatic rings. The molecule has 2 aromatic carbocycles. The predicted octanol–water partition coefficient (Wildman–Crippen LogP) is 6.42. The lowest BCUT2D eigenvalue weighted by Crippen LogP contribution is -2.62. The second-order valence-electron chi connectivity index (χ2n) is 17.7. The van der Waals surface area contributed by atoms with Crippen molar-refractivity contribution in [3.8, 4) is 5.75 Å². The number of carbonyl (C=O) groups excluding carboxylic acids is 2. The minimum Gasteiger partial charge on any atom is -0.500 e. The van der Waals surface area contributed by atoms with Gasteiger partial charge in [0.05, 0.1) is 44.2 Å². The lowest BCUT2D eigenvalue weighted by atomic mass is 9.62. The number of piperidine rings is 2. The summed E-state index contributed by atoms with van der Waals surface area (Å²) in [5.41, 5.74) is 10.0. The number of likely N-dealkylation sites (N-methyl/N-ethyl adjacent to an activating group) is 2. The Morgan fingerprint density at radius 2 is 1.51 bits per heavy atom. The van der Waals surface area contributed by atoms with Crippen LogP contribution in [0, 0.1) is 29.6 Å².